The van der Waals surface area contributed by atoms with E-state index in [-0.39, 0.29) is 17.3 Å². The summed E-state index contributed by atoms with van der Waals surface area (Å²) in [7, 11) is 1.87. The first-order valence-electron chi connectivity index (χ1n) is 8.44. The summed E-state index contributed by atoms with van der Waals surface area (Å²) in [5.41, 5.74) is 0.890. The van der Waals surface area contributed by atoms with Crippen LogP contribution < -0.4 is 10.1 Å². The summed E-state index contributed by atoms with van der Waals surface area (Å²) in [6, 6.07) is 9.58. The van der Waals surface area contributed by atoms with Crippen LogP contribution in [-0.2, 0) is 11.8 Å². The minimum Gasteiger partial charge on any atom is -0.483 e. The van der Waals surface area contributed by atoms with Crippen molar-refractivity contribution in [1.29, 1.82) is 0 Å². The number of aromatic nitrogens is 4. The van der Waals surface area contributed by atoms with Crippen LogP contribution in [-0.4, -0.2) is 30.9 Å². The third-order valence-corrected chi connectivity index (χ3v) is 5.80. The molecule has 142 valence electrons. The third-order valence-electron chi connectivity index (χ3n) is 3.79. The van der Waals surface area contributed by atoms with E-state index in [1.54, 1.807) is 0 Å². The summed E-state index contributed by atoms with van der Waals surface area (Å²) < 4.78 is 7.77. The number of ether oxygens (including phenoxy) is 1. The summed E-state index contributed by atoms with van der Waals surface area (Å²) >= 11 is 2.76. The van der Waals surface area contributed by atoms with Gasteiger partial charge in [0.15, 0.2) is 22.2 Å². The van der Waals surface area contributed by atoms with Gasteiger partial charge >= 0.3 is 0 Å². The first-order chi connectivity index (χ1) is 12.9. The van der Waals surface area contributed by atoms with Crippen LogP contribution in [0.3, 0.4) is 0 Å². The molecular formula is C18H21N5O2S2. The van der Waals surface area contributed by atoms with E-state index < -0.39 is 0 Å². The number of anilines is 1. The average molecular weight is 404 g/mol. The normalized spacial score (nSPS) is 13.2. The number of thioether (sulfide) groups is 1. The minimum atomic E-state index is -0.338. The minimum absolute atomic E-state index is 0.118. The summed E-state index contributed by atoms with van der Waals surface area (Å²) in [4.78, 5) is 16.6. The van der Waals surface area contributed by atoms with Gasteiger partial charge in [-0.15, -0.1) is 21.5 Å². The zero-order chi connectivity index (χ0) is 19.4. The van der Waals surface area contributed by atoms with Gasteiger partial charge in [0.05, 0.1) is 10.9 Å². The number of nitrogens with one attached hydrogen (secondary N) is 1. The van der Waals surface area contributed by atoms with E-state index in [9.17, 15) is 4.79 Å². The number of carbonyl (C=O) groups excluding carboxylic acids is 1. The van der Waals surface area contributed by atoms with Crippen LogP contribution in [0, 0.1) is 6.92 Å². The lowest BCUT2D eigenvalue weighted by Crippen LogP contribution is -2.22. The molecule has 27 heavy (non-hydrogen) atoms. The first-order valence-corrected chi connectivity index (χ1v) is 10.2. The molecule has 0 aliphatic carbocycles. The molecule has 2 heterocycles. The second-order valence-corrected chi connectivity index (χ2v) is 8.18. The number of hydrogen-bond donors (Lipinski definition) is 1. The first kappa shape index (κ1) is 19.4. The van der Waals surface area contributed by atoms with Crippen LogP contribution >= 0.6 is 23.1 Å². The van der Waals surface area contributed by atoms with Gasteiger partial charge in [0.25, 0.3) is 0 Å². The van der Waals surface area contributed by atoms with Crippen molar-refractivity contribution in [3.63, 3.8) is 0 Å². The summed E-state index contributed by atoms with van der Waals surface area (Å²) in [6.45, 7) is 5.65. The van der Waals surface area contributed by atoms with Gasteiger partial charge in [-0.25, -0.2) is 4.98 Å². The van der Waals surface area contributed by atoms with Gasteiger partial charge in [0.1, 0.15) is 5.75 Å². The molecule has 0 saturated heterocycles. The Bertz CT molecular complexity index is 910. The predicted octanol–water partition coefficient (Wildman–Crippen LogP) is 3.84. The Morgan fingerprint density at radius 1 is 1.26 bits per heavy atom. The SMILES string of the molecule is Cc1csc(NC(=O)[C@@H](C)Sc2nnc([C@H](C)Oc3ccccc3)n2C)n1. The van der Waals surface area contributed by atoms with Gasteiger partial charge in [0, 0.05) is 12.4 Å². The number of carbonyl (C=O) groups is 1. The van der Waals surface area contributed by atoms with E-state index in [0.29, 0.717) is 16.1 Å². The lowest BCUT2D eigenvalue weighted by molar-refractivity contribution is -0.115. The molecule has 0 spiro atoms. The zero-order valence-corrected chi connectivity index (χ0v) is 17.2. The molecule has 3 rings (SSSR count). The second kappa shape index (κ2) is 8.53. The molecule has 2 atom stereocenters. The largest absolute Gasteiger partial charge is 0.483 e. The number of aryl methyl sites for hydroxylation is 1. The summed E-state index contributed by atoms with van der Waals surface area (Å²) in [6.07, 6.45) is -0.262. The van der Waals surface area contributed by atoms with Crippen molar-refractivity contribution in [3.8, 4) is 5.75 Å². The molecule has 3 aromatic rings. The highest BCUT2D eigenvalue weighted by Crippen LogP contribution is 2.26. The number of thiazole rings is 1. The lowest BCUT2D eigenvalue weighted by atomic mass is 10.3. The maximum absolute atomic E-state index is 12.4. The summed E-state index contributed by atoms with van der Waals surface area (Å²) in [5.74, 6) is 1.35. The molecule has 0 unspecified atom stereocenters. The fraction of sp³-hybridized carbons (Fsp3) is 0.333. The van der Waals surface area contributed by atoms with E-state index in [1.165, 1.54) is 23.1 Å². The Morgan fingerprint density at radius 2 is 2.00 bits per heavy atom. The van der Waals surface area contributed by atoms with Gasteiger partial charge in [-0.3, -0.25) is 4.79 Å². The quantitative estimate of drug-likeness (QED) is 0.604. The van der Waals surface area contributed by atoms with Gasteiger partial charge < -0.3 is 14.6 Å². The molecule has 0 bridgehead atoms. The maximum Gasteiger partial charge on any atom is 0.239 e. The third kappa shape index (κ3) is 4.86. The van der Waals surface area contributed by atoms with Crippen molar-refractivity contribution in [2.75, 3.05) is 5.32 Å². The zero-order valence-electron chi connectivity index (χ0n) is 15.5. The Kier molecular flexibility index (Phi) is 6.12. The van der Waals surface area contributed by atoms with Crippen molar-refractivity contribution < 1.29 is 9.53 Å². The van der Waals surface area contributed by atoms with Crippen LogP contribution in [0.15, 0.2) is 40.9 Å². The molecule has 0 fully saturated rings. The van der Waals surface area contributed by atoms with Gasteiger partial charge in [0.2, 0.25) is 5.91 Å². The highest BCUT2D eigenvalue weighted by molar-refractivity contribution is 8.00. The lowest BCUT2D eigenvalue weighted by Gasteiger charge is -2.14. The van der Waals surface area contributed by atoms with Crippen LogP contribution in [0.2, 0.25) is 0 Å². The number of rotatable bonds is 7. The van der Waals surface area contributed by atoms with Crippen LogP contribution in [0.1, 0.15) is 31.5 Å². The number of hydrogen-bond acceptors (Lipinski definition) is 7. The highest BCUT2D eigenvalue weighted by atomic mass is 32.2. The van der Waals surface area contributed by atoms with Crippen molar-refractivity contribution in [2.45, 2.75) is 37.3 Å². The molecule has 0 radical (unpaired) electrons. The Labute approximate surface area is 166 Å². The van der Waals surface area contributed by atoms with E-state index >= 15 is 0 Å². The van der Waals surface area contributed by atoms with E-state index in [0.717, 1.165) is 11.4 Å². The fourth-order valence-corrected chi connectivity index (χ4v) is 3.88. The predicted molar refractivity (Wildman–Crippen MR) is 107 cm³/mol. The van der Waals surface area contributed by atoms with Crippen molar-refractivity contribution in [1.82, 2.24) is 19.7 Å². The molecule has 0 aliphatic rings. The van der Waals surface area contributed by atoms with Gasteiger partial charge in [-0.2, -0.15) is 0 Å². The van der Waals surface area contributed by atoms with Crippen molar-refractivity contribution in [3.05, 3.63) is 47.2 Å². The van der Waals surface area contributed by atoms with Gasteiger partial charge in [-0.05, 0) is 32.9 Å². The van der Waals surface area contributed by atoms with Crippen LogP contribution in [0.25, 0.3) is 0 Å². The number of para-hydroxylation sites is 1. The molecule has 9 heteroatoms. The molecular weight excluding hydrogens is 382 g/mol. The molecule has 1 aromatic carbocycles. The Balaban J connectivity index is 1.63. The molecule has 7 nitrogen and oxygen atoms in total. The van der Waals surface area contributed by atoms with E-state index in [1.807, 2.05) is 68.1 Å². The second-order valence-electron chi connectivity index (χ2n) is 6.02. The summed E-state index contributed by atoms with van der Waals surface area (Å²) in [5, 5.41) is 14.1. The van der Waals surface area contributed by atoms with Crippen LogP contribution in [0.5, 0.6) is 5.75 Å². The van der Waals surface area contributed by atoms with E-state index in [2.05, 4.69) is 20.5 Å². The molecule has 1 N–H and O–H groups in total. The smallest absolute Gasteiger partial charge is 0.239 e. The fourth-order valence-electron chi connectivity index (χ4n) is 2.37. The molecule has 0 aliphatic heterocycles. The van der Waals surface area contributed by atoms with Gasteiger partial charge in [-0.1, -0.05) is 30.0 Å². The molecule has 2 aromatic heterocycles. The number of amides is 1. The Hall–Kier alpha value is -2.39. The molecule has 1 amide bonds. The topological polar surface area (TPSA) is 81.9 Å². The Morgan fingerprint density at radius 3 is 2.67 bits per heavy atom. The molecule has 0 saturated carbocycles. The average Bonchev–Trinajstić information content (AvgIpc) is 3.21. The van der Waals surface area contributed by atoms with E-state index in [4.69, 9.17) is 4.74 Å². The maximum atomic E-state index is 12.4. The monoisotopic (exact) mass is 403 g/mol. The van der Waals surface area contributed by atoms with Crippen LogP contribution in [0.4, 0.5) is 5.13 Å². The standard InChI is InChI=1S/C18H21N5O2S2/c1-11-10-26-17(19-11)20-16(24)13(3)27-18-22-21-15(23(18)4)12(2)25-14-8-6-5-7-9-14/h5-10,12-13H,1-4H3,(H,19,20,24)/t12-,13+/m0/s1. The van der Waals surface area contributed by atoms with Crippen molar-refractivity contribution in [2.24, 2.45) is 7.05 Å². The number of benzene rings is 1. The van der Waals surface area contributed by atoms with Crippen molar-refractivity contribution >= 4 is 34.1 Å². The number of nitrogens with zero attached hydrogens (tertiary/aromatic N) is 4. The highest BCUT2D eigenvalue weighted by Gasteiger charge is 2.22.